The Kier molecular flexibility index (Phi) is 6.36. The van der Waals surface area contributed by atoms with Gasteiger partial charge in [-0.3, -0.25) is 0 Å². The number of allylic oxidation sites excluding steroid dienone is 4. The fourth-order valence-corrected chi connectivity index (χ4v) is 3.14. The Morgan fingerprint density at radius 1 is 1.25 bits per heavy atom. The van der Waals surface area contributed by atoms with Crippen molar-refractivity contribution in [2.45, 2.75) is 40.0 Å². The van der Waals surface area contributed by atoms with E-state index in [1.807, 2.05) is 11.3 Å². The molecule has 0 spiro atoms. The molecule has 0 bridgehead atoms. The van der Waals surface area contributed by atoms with E-state index < -0.39 is 0 Å². The van der Waals surface area contributed by atoms with Gasteiger partial charge in [0.1, 0.15) is 0 Å². The van der Waals surface area contributed by atoms with Gasteiger partial charge in [0.2, 0.25) is 0 Å². The minimum atomic E-state index is 1.09. The Hall–Kier alpha value is -0.0900. The Bertz CT molecular complexity index is 381. The van der Waals surface area contributed by atoms with E-state index in [0.717, 1.165) is 6.42 Å². The molecule has 0 nitrogen and oxygen atoms in total. The van der Waals surface area contributed by atoms with Crippen molar-refractivity contribution in [3.63, 3.8) is 0 Å². The second kappa shape index (κ2) is 7.28. The topological polar surface area (TPSA) is 0 Å². The molecule has 0 aliphatic heterocycles. The van der Waals surface area contributed by atoms with Gasteiger partial charge in [0.05, 0.1) is 2.88 Å². The van der Waals surface area contributed by atoms with Crippen molar-refractivity contribution in [1.82, 2.24) is 0 Å². The molecule has 0 aromatic carbocycles. The van der Waals surface area contributed by atoms with Crippen LogP contribution in [0.4, 0.5) is 0 Å². The normalized spacial score (nSPS) is 11.6. The highest BCUT2D eigenvalue weighted by Gasteiger charge is 1.95. The van der Waals surface area contributed by atoms with Crippen LogP contribution in [0, 0.1) is 2.88 Å². The first-order chi connectivity index (χ1) is 7.58. The van der Waals surface area contributed by atoms with Crippen LogP contribution in [-0.4, -0.2) is 0 Å². The lowest BCUT2D eigenvalue weighted by molar-refractivity contribution is 0.957. The predicted octanol–water partition coefficient (Wildman–Crippen LogP) is 5.59. The summed E-state index contributed by atoms with van der Waals surface area (Å²) < 4.78 is 1.38. The van der Waals surface area contributed by atoms with Crippen LogP contribution in [0.5, 0.6) is 0 Å². The first-order valence-electron chi connectivity index (χ1n) is 5.61. The van der Waals surface area contributed by atoms with Crippen molar-refractivity contribution in [2.75, 3.05) is 0 Å². The highest BCUT2D eigenvalue weighted by molar-refractivity contribution is 14.1. The van der Waals surface area contributed by atoms with Gasteiger partial charge in [0, 0.05) is 11.3 Å². The monoisotopic (exact) mass is 346 g/mol. The quantitative estimate of drug-likeness (QED) is 0.482. The van der Waals surface area contributed by atoms with E-state index in [2.05, 4.69) is 67.6 Å². The zero-order valence-electron chi connectivity index (χ0n) is 10.2. The van der Waals surface area contributed by atoms with Gasteiger partial charge in [-0.15, -0.1) is 11.3 Å². The van der Waals surface area contributed by atoms with E-state index in [0.29, 0.717) is 0 Å². The molecule has 0 unspecified atom stereocenters. The molecular formula is C14H19IS. The van der Waals surface area contributed by atoms with Gasteiger partial charge >= 0.3 is 0 Å². The molecule has 0 radical (unpaired) electrons. The number of rotatable bonds is 5. The first-order valence-corrected chi connectivity index (χ1v) is 7.50. The van der Waals surface area contributed by atoms with Crippen molar-refractivity contribution in [3.05, 3.63) is 43.2 Å². The molecule has 0 saturated heterocycles. The molecule has 0 aliphatic rings. The number of halogens is 1. The summed E-state index contributed by atoms with van der Waals surface area (Å²) in [5.74, 6) is 0. The van der Waals surface area contributed by atoms with Crippen LogP contribution >= 0.6 is 33.9 Å². The second-order valence-electron chi connectivity index (χ2n) is 4.28. The Morgan fingerprint density at radius 2 is 2.00 bits per heavy atom. The van der Waals surface area contributed by atoms with Crippen molar-refractivity contribution in [2.24, 2.45) is 0 Å². The molecule has 0 amide bonds. The van der Waals surface area contributed by atoms with Crippen LogP contribution in [0.25, 0.3) is 0 Å². The van der Waals surface area contributed by atoms with E-state index in [1.54, 1.807) is 0 Å². The Morgan fingerprint density at radius 3 is 2.56 bits per heavy atom. The summed E-state index contributed by atoms with van der Waals surface area (Å²) in [5.41, 5.74) is 2.92. The van der Waals surface area contributed by atoms with Gasteiger partial charge in [-0.2, -0.15) is 0 Å². The number of thiophene rings is 1. The van der Waals surface area contributed by atoms with Crippen LogP contribution < -0.4 is 0 Å². The van der Waals surface area contributed by atoms with Gasteiger partial charge in [0.15, 0.2) is 0 Å². The van der Waals surface area contributed by atoms with Gasteiger partial charge in [-0.1, -0.05) is 23.3 Å². The fraction of sp³-hybridized carbons (Fsp3) is 0.429. The lowest BCUT2D eigenvalue weighted by Gasteiger charge is -1.98. The van der Waals surface area contributed by atoms with Gasteiger partial charge in [0.25, 0.3) is 0 Å². The average Bonchev–Trinajstić information content (AvgIpc) is 2.61. The van der Waals surface area contributed by atoms with E-state index in [-0.39, 0.29) is 0 Å². The van der Waals surface area contributed by atoms with Crippen molar-refractivity contribution in [3.8, 4) is 0 Å². The molecule has 1 aromatic rings. The molecule has 1 aromatic heterocycles. The van der Waals surface area contributed by atoms with Crippen LogP contribution in [-0.2, 0) is 6.42 Å². The lowest BCUT2D eigenvalue weighted by atomic mass is 10.1. The molecule has 2 heteroatoms. The zero-order chi connectivity index (χ0) is 12.0. The summed E-state index contributed by atoms with van der Waals surface area (Å²) in [6.45, 7) is 6.55. The third-order valence-corrected chi connectivity index (χ3v) is 4.29. The summed E-state index contributed by atoms with van der Waals surface area (Å²) >= 11 is 4.27. The molecule has 16 heavy (non-hydrogen) atoms. The highest BCUT2D eigenvalue weighted by Crippen LogP contribution is 2.19. The molecule has 0 saturated carbocycles. The summed E-state index contributed by atoms with van der Waals surface area (Å²) in [7, 11) is 0. The average molecular weight is 346 g/mol. The molecule has 0 fully saturated rings. The zero-order valence-corrected chi connectivity index (χ0v) is 13.2. The third kappa shape index (κ3) is 5.85. The number of hydrogen-bond donors (Lipinski definition) is 0. The minimum absolute atomic E-state index is 1.09. The van der Waals surface area contributed by atoms with Crippen LogP contribution in [0.3, 0.4) is 0 Å². The van der Waals surface area contributed by atoms with Crippen LogP contribution in [0.15, 0.2) is 35.4 Å². The van der Waals surface area contributed by atoms with E-state index in [4.69, 9.17) is 0 Å². The summed E-state index contributed by atoms with van der Waals surface area (Å²) in [5, 5.41) is 0. The van der Waals surface area contributed by atoms with Gasteiger partial charge < -0.3 is 0 Å². The SMILES string of the molecule is CC(C)=CCC/C(C)=C/Cc1ccc(I)s1. The lowest BCUT2D eigenvalue weighted by Crippen LogP contribution is -1.80. The molecule has 0 atom stereocenters. The molecule has 0 aliphatic carbocycles. The van der Waals surface area contributed by atoms with Crippen molar-refractivity contribution >= 4 is 33.9 Å². The maximum Gasteiger partial charge on any atom is 0.0656 e. The Balaban J connectivity index is 2.36. The maximum atomic E-state index is 2.38. The van der Waals surface area contributed by atoms with Crippen LogP contribution in [0.1, 0.15) is 38.5 Å². The van der Waals surface area contributed by atoms with E-state index in [1.165, 1.54) is 31.7 Å². The van der Waals surface area contributed by atoms with E-state index in [9.17, 15) is 0 Å². The molecule has 1 rings (SSSR count). The second-order valence-corrected chi connectivity index (χ2v) is 7.34. The third-order valence-electron chi connectivity index (χ3n) is 2.37. The smallest absolute Gasteiger partial charge is 0.0656 e. The predicted molar refractivity (Wildman–Crippen MR) is 83.2 cm³/mol. The first kappa shape index (κ1) is 14.0. The summed E-state index contributed by atoms with van der Waals surface area (Å²) in [6.07, 6.45) is 8.13. The summed E-state index contributed by atoms with van der Waals surface area (Å²) in [4.78, 5) is 1.46. The van der Waals surface area contributed by atoms with E-state index >= 15 is 0 Å². The highest BCUT2D eigenvalue weighted by atomic mass is 127. The minimum Gasteiger partial charge on any atom is -0.134 e. The standard InChI is InChI=1S/C14H19IS/c1-11(2)5-4-6-12(3)7-8-13-9-10-14(15)16-13/h5,7,9-10H,4,6,8H2,1-3H3/b12-7+. The van der Waals surface area contributed by atoms with Gasteiger partial charge in [-0.25, -0.2) is 0 Å². The molecule has 88 valence electrons. The van der Waals surface area contributed by atoms with Crippen molar-refractivity contribution in [1.29, 1.82) is 0 Å². The fourth-order valence-electron chi connectivity index (χ4n) is 1.43. The largest absolute Gasteiger partial charge is 0.134 e. The maximum absolute atomic E-state index is 2.38. The molecule has 0 N–H and O–H groups in total. The van der Waals surface area contributed by atoms with Crippen LogP contribution in [0.2, 0.25) is 0 Å². The number of hydrogen-bond acceptors (Lipinski definition) is 1. The van der Waals surface area contributed by atoms with Gasteiger partial charge in [-0.05, 0) is 68.3 Å². The Labute approximate surface area is 117 Å². The molecule has 1 heterocycles. The molecular weight excluding hydrogens is 327 g/mol. The van der Waals surface area contributed by atoms with Crippen molar-refractivity contribution < 1.29 is 0 Å². The summed E-state index contributed by atoms with van der Waals surface area (Å²) in [6, 6.07) is 4.42.